The number of hydrogen-bond donors (Lipinski definition) is 1. The highest BCUT2D eigenvalue weighted by Crippen LogP contribution is 2.51. The molecule has 0 spiro atoms. The molecule has 2 aliphatic rings. The molecule has 1 aromatic rings. The van der Waals surface area contributed by atoms with Gasteiger partial charge in [0.2, 0.25) is 5.89 Å². The number of nitrogens with zero attached hydrogens (tertiary/aromatic N) is 2. The number of aromatic nitrogens is 2. The maximum Gasteiger partial charge on any atom is 0.229 e. The van der Waals surface area contributed by atoms with Gasteiger partial charge < -0.3 is 9.63 Å². The predicted molar refractivity (Wildman–Crippen MR) is 62.5 cm³/mol. The summed E-state index contributed by atoms with van der Waals surface area (Å²) in [6.07, 6.45) is 5.08. The van der Waals surface area contributed by atoms with Gasteiger partial charge in [0.25, 0.3) is 0 Å². The molecule has 2 saturated carbocycles. The minimum absolute atomic E-state index is 0.280. The van der Waals surface area contributed by atoms with Crippen molar-refractivity contribution in [2.24, 2.45) is 11.8 Å². The molecule has 0 unspecified atom stereocenters. The monoisotopic (exact) mass is 236 g/mol. The van der Waals surface area contributed by atoms with E-state index in [1.54, 1.807) is 0 Å². The molecule has 3 atom stereocenters. The third kappa shape index (κ3) is 1.88. The van der Waals surface area contributed by atoms with Crippen molar-refractivity contribution in [3.8, 4) is 0 Å². The number of hydrogen-bond acceptors (Lipinski definition) is 4. The van der Waals surface area contributed by atoms with Crippen LogP contribution in [0, 0.1) is 11.8 Å². The standard InChI is InChI=1S/C13H20N2O2/c1-8(2)12-14-11(17-15-12)7-13(16)6-9-3-4-10(13)5-9/h8-10,16H,3-7H2,1-2H3/t9-,10-,13-/m0/s1. The number of rotatable bonds is 3. The first-order chi connectivity index (χ1) is 8.07. The fraction of sp³-hybridized carbons (Fsp3) is 0.846. The van der Waals surface area contributed by atoms with Crippen LogP contribution in [0.25, 0.3) is 0 Å². The van der Waals surface area contributed by atoms with E-state index < -0.39 is 5.60 Å². The van der Waals surface area contributed by atoms with Gasteiger partial charge in [-0.3, -0.25) is 0 Å². The molecule has 2 bridgehead atoms. The molecule has 4 nitrogen and oxygen atoms in total. The summed E-state index contributed by atoms with van der Waals surface area (Å²) in [5.74, 6) is 2.79. The molecule has 1 aromatic heterocycles. The molecule has 0 radical (unpaired) electrons. The molecule has 3 rings (SSSR count). The third-order valence-corrected chi connectivity index (χ3v) is 4.40. The maximum absolute atomic E-state index is 10.7. The molecule has 94 valence electrons. The van der Waals surface area contributed by atoms with Crippen LogP contribution in [-0.4, -0.2) is 20.8 Å². The van der Waals surface area contributed by atoms with E-state index in [9.17, 15) is 5.11 Å². The maximum atomic E-state index is 10.7. The molecule has 0 saturated heterocycles. The molecule has 0 aromatic carbocycles. The average molecular weight is 236 g/mol. The van der Waals surface area contributed by atoms with Gasteiger partial charge in [-0.15, -0.1) is 0 Å². The number of aliphatic hydroxyl groups is 1. The Morgan fingerprint density at radius 2 is 2.29 bits per heavy atom. The lowest BCUT2D eigenvalue weighted by atomic mass is 9.82. The van der Waals surface area contributed by atoms with Crippen molar-refractivity contribution < 1.29 is 9.63 Å². The highest BCUT2D eigenvalue weighted by molar-refractivity contribution is 5.05. The smallest absolute Gasteiger partial charge is 0.229 e. The summed E-state index contributed by atoms with van der Waals surface area (Å²) < 4.78 is 5.24. The summed E-state index contributed by atoms with van der Waals surface area (Å²) in [6, 6.07) is 0. The van der Waals surface area contributed by atoms with Crippen molar-refractivity contribution in [2.45, 2.75) is 57.5 Å². The second-order valence-corrected chi connectivity index (χ2v) is 6.06. The van der Waals surface area contributed by atoms with Crippen LogP contribution in [0.15, 0.2) is 4.52 Å². The predicted octanol–water partition coefficient (Wildman–Crippen LogP) is 2.29. The Morgan fingerprint density at radius 1 is 1.47 bits per heavy atom. The first kappa shape index (κ1) is 11.2. The van der Waals surface area contributed by atoms with Crippen LogP contribution in [0.4, 0.5) is 0 Å². The molecule has 2 fully saturated rings. The average Bonchev–Trinajstić information content (AvgIpc) is 2.91. The zero-order valence-electron chi connectivity index (χ0n) is 10.5. The minimum atomic E-state index is -0.580. The summed E-state index contributed by atoms with van der Waals surface area (Å²) in [5.41, 5.74) is -0.580. The summed E-state index contributed by atoms with van der Waals surface area (Å²) in [6.45, 7) is 4.09. The second-order valence-electron chi connectivity index (χ2n) is 6.06. The van der Waals surface area contributed by atoms with Gasteiger partial charge in [0.05, 0.1) is 12.0 Å². The van der Waals surface area contributed by atoms with Crippen LogP contribution < -0.4 is 0 Å². The first-order valence-corrected chi connectivity index (χ1v) is 6.62. The Hall–Kier alpha value is -0.900. The fourth-order valence-corrected chi connectivity index (χ4v) is 3.47. The molecule has 0 amide bonds. The molecule has 1 heterocycles. The molecule has 17 heavy (non-hydrogen) atoms. The Balaban J connectivity index is 1.74. The van der Waals surface area contributed by atoms with E-state index in [0.717, 1.165) is 24.6 Å². The van der Waals surface area contributed by atoms with Crippen molar-refractivity contribution >= 4 is 0 Å². The van der Waals surface area contributed by atoms with Gasteiger partial charge in [0.15, 0.2) is 5.82 Å². The SMILES string of the molecule is CC(C)c1noc(C[C@@]2(O)C[C@H]3CC[C@H]2C3)n1. The molecular formula is C13H20N2O2. The quantitative estimate of drug-likeness (QED) is 0.874. The zero-order chi connectivity index (χ0) is 12.0. The van der Waals surface area contributed by atoms with Crippen LogP contribution in [0.2, 0.25) is 0 Å². The summed E-state index contributed by atoms with van der Waals surface area (Å²) >= 11 is 0. The van der Waals surface area contributed by atoms with Crippen LogP contribution in [-0.2, 0) is 6.42 Å². The van der Waals surface area contributed by atoms with E-state index in [4.69, 9.17) is 4.52 Å². The highest BCUT2D eigenvalue weighted by Gasteiger charge is 2.50. The number of fused-ring (bicyclic) bond motifs is 2. The molecule has 0 aliphatic heterocycles. The molecule has 4 heteroatoms. The van der Waals surface area contributed by atoms with Crippen LogP contribution >= 0.6 is 0 Å². The van der Waals surface area contributed by atoms with E-state index in [-0.39, 0.29) is 5.92 Å². The van der Waals surface area contributed by atoms with Gasteiger partial charge >= 0.3 is 0 Å². The van der Waals surface area contributed by atoms with Gasteiger partial charge in [0.1, 0.15) is 0 Å². The van der Waals surface area contributed by atoms with E-state index in [2.05, 4.69) is 10.1 Å². The largest absolute Gasteiger partial charge is 0.389 e. The zero-order valence-corrected chi connectivity index (χ0v) is 10.5. The molecular weight excluding hydrogens is 216 g/mol. The van der Waals surface area contributed by atoms with Gasteiger partial charge in [-0.05, 0) is 37.5 Å². The lowest BCUT2D eigenvalue weighted by molar-refractivity contribution is -0.0184. The van der Waals surface area contributed by atoms with Crippen LogP contribution in [0.1, 0.15) is 57.2 Å². The molecule has 2 aliphatic carbocycles. The Bertz CT molecular complexity index is 415. The first-order valence-electron chi connectivity index (χ1n) is 6.62. The Labute approximate surface area is 101 Å². The van der Waals surface area contributed by atoms with Crippen molar-refractivity contribution in [3.63, 3.8) is 0 Å². The van der Waals surface area contributed by atoms with Crippen molar-refractivity contribution in [1.82, 2.24) is 10.1 Å². The second kappa shape index (κ2) is 3.80. The Morgan fingerprint density at radius 3 is 2.82 bits per heavy atom. The lowest BCUT2D eigenvalue weighted by Crippen LogP contribution is -2.37. The van der Waals surface area contributed by atoms with Gasteiger partial charge in [0, 0.05) is 5.92 Å². The van der Waals surface area contributed by atoms with Crippen molar-refractivity contribution in [1.29, 1.82) is 0 Å². The van der Waals surface area contributed by atoms with Gasteiger partial charge in [-0.1, -0.05) is 19.0 Å². The summed E-state index contributed by atoms with van der Waals surface area (Å²) in [5, 5.41) is 14.6. The van der Waals surface area contributed by atoms with E-state index in [1.165, 1.54) is 12.8 Å². The Kier molecular flexibility index (Phi) is 2.51. The highest BCUT2D eigenvalue weighted by atomic mass is 16.5. The van der Waals surface area contributed by atoms with Crippen LogP contribution in [0.3, 0.4) is 0 Å². The van der Waals surface area contributed by atoms with E-state index in [1.807, 2.05) is 13.8 Å². The fourth-order valence-electron chi connectivity index (χ4n) is 3.47. The van der Waals surface area contributed by atoms with Gasteiger partial charge in [-0.2, -0.15) is 4.98 Å². The minimum Gasteiger partial charge on any atom is -0.389 e. The summed E-state index contributed by atoms with van der Waals surface area (Å²) in [4.78, 5) is 4.36. The molecule has 1 N–H and O–H groups in total. The summed E-state index contributed by atoms with van der Waals surface area (Å²) in [7, 11) is 0. The lowest BCUT2D eigenvalue weighted by Gasteiger charge is -2.30. The topological polar surface area (TPSA) is 59.2 Å². The van der Waals surface area contributed by atoms with E-state index in [0.29, 0.717) is 18.2 Å². The normalized spacial score (nSPS) is 36.0. The van der Waals surface area contributed by atoms with Crippen LogP contribution in [0.5, 0.6) is 0 Å². The van der Waals surface area contributed by atoms with Crippen molar-refractivity contribution in [3.05, 3.63) is 11.7 Å². The van der Waals surface area contributed by atoms with E-state index >= 15 is 0 Å². The third-order valence-electron chi connectivity index (χ3n) is 4.40. The van der Waals surface area contributed by atoms with Gasteiger partial charge in [-0.25, -0.2) is 0 Å². The van der Waals surface area contributed by atoms with Crippen molar-refractivity contribution in [2.75, 3.05) is 0 Å².